The Balaban J connectivity index is 2.77. The van der Waals surface area contributed by atoms with Crippen molar-refractivity contribution in [2.24, 2.45) is 0 Å². The third-order valence-corrected chi connectivity index (χ3v) is 2.24. The summed E-state index contributed by atoms with van der Waals surface area (Å²) < 4.78 is 40.5. The van der Waals surface area contributed by atoms with Crippen LogP contribution in [0, 0.1) is 22.7 Å². The molecule has 104 valence electrons. The van der Waals surface area contributed by atoms with E-state index in [0.29, 0.717) is 5.69 Å². The zero-order chi connectivity index (χ0) is 15.2. The second kappa shape index (κ2) is 6.69. The van der Waals surface area contributed by atoms with Gasteiger partial charge in [-0.2, -0.15) is 23.7 Å². The Hall–Kier alpha value is -2.38. The summed E-state index contributed by atoms with van der Waals surface area (Å²) in [7, 11) is 0. The Labute approximate surface area is 117 Å². The number of alkyl halides is 3. The SMILES string of the molecule is N#CC(C#N)=CNc1ccc(OCC(F)(F)F)c(Cl)c1. The third kappa shape index (κ3) is 5.09. The summed E-state index contributed by atoms with van der Waals surface area (Å²) >= 11 is 5.76. The van der Waals surface area contributed by atoms with Gasteiger partial charge < -0.3 is 10.1 Å². The molecule has 0 bridgehead atoms. The predicted octanol–water partition coefficient (Wildman–Crippen LogP) is 3.62. The van der Waals surface area contributed by atoms with Crippen LogP contribution in [0.2, 0.25) is 5.02 Å². The maximum Gasteiger partial charge on any atom is 0.422 e. The van der Waals surface area contributed by atoms with Crippen LogP contribution in [0.25, 0.3) is 0 Å². The van der Waals surface area contributed by atoms with Gasteiger partial charge in [-0.25, -0.2) is 0 Å². The molecule has 1 N–H and O–H groups in total. The highest BCUT2D eigenvalue weighted by molar-refractivity contribution is 6.32. The van der Waals surface area contributed by atoms with E-state index >= 15 is 0 Å². The van der Waals surface area contributed by atoms with Gasteiger partial charge in [-0.05, 0) is 18.2 Å². The molecule has 1 aromatic carbocycles. The molecule has 0 atom stereocenters. The maximum absolute atomic E-state index is 12.0. The lowest BCUT2D eigenvalue weighted by atomic mass is 10.3. The summed E-state index contributed by atoms with van der Waals surface area (Å²) in [5.41, 5.74) is 0.246. The number of allylic oxidation sites excluding steroid dienone is 1. The van der Waals surface area contributed by atoms with E-state index in [1.54, 1.807) is 12.1 Å². The van der Waals surface area contributed by atoms with Gasteiger partial charge >= 0.3 is 6.18 Å². The molecule has 0 saturated carbocycles. The molecular weight excluding hydrogens is 295 g/mol. The van der Waals surface area contributed by atoms with E-state index in [0.717, 1.165) is 6.20 Å². The van der Waals surface area contributed by atoms with Gasteiger partial charge in [0, 0.05) is 11.9 Å². The Morgan fingerprint density at radius 3 is 2.50 bits per heavy atom. The largest absolute Gasteiger partial charge is 0.483 e. The zero-order valence-electron chi connectivity index (χ0n) is 9.83. The molecule has 0 spiro atoms. The Morgan fingerprint density at radius 1 is 1.35 bits per heavy atom. The van der Waals surface area contributed by atoms with Gasteiger partial charge in [-0.15, -0.1) is 0 Å². The first kappa shape index (κ1) is 15.7. The normalized spacial score (nSPS) is 10.1. The average Bonchev–Trinajstić information content (AvgIpc) is 2.38. The summed E-state index contributed by atoms with van der Waals surface area (Å²) in [6.07, 6.45) is -3.29. The van der Waals surface area contributed by atoms with Crippen LogP contribution in [0.1, 0.15) is 0 Å². The highest BCUT2D eigenvalue weighted by Gasteiger charge is 2.28. The number of benzene rings is 1. The van der Waals surface area contributed by atoms with Crippen LogP contribution in [-0.2, 0) is 0 Å². The Bertz CT molecular complexity index is 583. The fraction of sp³-hybridized carbons (Fsp3) is 0.167. The molecule has 0 unspecified atom stereocenters. The lowest BCUT2D eigenvalue weighted by Gasteiger charge is -2.11. The van der Waals surface area contributed by atoms with Crippen molar-refractivity contribution in [2.75, 3.05) is 11.9 Å². The number of rotatable bonds is 4. The number of halogens is 4. The molecular formula is C12H7ClF3N3O. The first-order chi connectivity index (χ1) is 9.35. The van der Waals surface area contributed by atoms with Crippen molar-refractivity contribution in [3.05, 3.63) is 35.0 Å². The molecule has 0 saturated heterocycles. The number of hydrogen-bond acceptors (Lipinski definition) is 4. The van der Waals surface area contributed by atoms with Crippen LogP contribution < -0.4 is 10.1 Å². The molecule has 1 rings (SSSR count). The van der Waals surface area contributed by atoms with E-state index in [2.05, 4.69) is 10.1 Å². The van der Waals surface area contributed by atoms with Crippen molar-refractivity contribution in [1.29, 1.82) is 10.5 Å². The summed E-state index contributed by atoms with van der Waals surface area (Å²) in [4.78, 5) is 0. The fourth-order valence-electron chi connectivity index (χ4n) is 1.11. The maximum atomic E-state index is 12.0. The van der Waals surface area contributed by atoms with Crippen molar-refractivity contribution >= 4 is 17.3 Å². The van der Waals surface area contributed by atoms with Crippen LogP contribution in [0.4, 0.5) is 18.9 Å². The van der Waals surface area contributed by atoms with Gasteiger partial charge in [0.2, 0.25) is 0 Å². The fourth-order valence-corrected chi connectivity index (χ4v) is 1.35. The van der Waals surface area contributed by atoms with E-state index in [4.69, 9.17) is 22.1 Å². The zero-order valence-corrected chi connectivity index (χ0v) is 10.6. The van der Waals surface area contributed by atoms with Gasteiger partial charge in [0.05, 0.1) is 5.02 Å². The second-order valence-corrected chi connectivity index (χ2v) is 3.88. The smallest absolute Gasteiger partial charge is 0.422 e. The van der Waals surface area contributed by atoms with Crippen molar-refractivity contribution < 1.29 is 17.9 Å². The molecule has 0 aliphatic carbocycles. The number of ether oxygens (including phenoxy) is 1. The summed E-state index contributed by atoms with van der Waals surface area (Å²) in [5, 5.41) is 19.6. The van der Waals surface area contributed by atoms with Crippen molar-refractivity contribution in [3.8, 4) is 17.9 Å². The van der Waals surface area contributed by atoms with Crippen molar-refractivity contribution in [2.45, 2.75) is 6.18 Å². The van der Waals surface area contributed by atoms with Crippen LogP contribution in [-0.4, -0.2) is 12.8 Å². The minimum atomic E-state index is -4.45. The molecule has 4 nitrogen and oxygen atoms in total. The molecule has 1 aromatic rings. The predicted molar refractivity (Wildman–Crippen MR) is 65.9 cm³/mol. The quantitative estimate of drug-likeness (QED) is 0.862. The van der Waals surface area contributed by atoms with E-state index < -0.39 is 12.8 Å². The molecule has 20 heavy (non-hydrogen) atoms. The highest BCUT2D eigenvalue weighted by atomic mass is 35.5. The van der Waals surface area contributed by atoms with Crippen LogP contribution in [0.5, 0.6) is 5.75 Å². The summed E-state index contributed by atoms with van der Waals surface area (Å²) in [6.45, 7) is -1.44. The second-order valence-electron chi connectivity index (χ2n) is 3.48. The molecule has 0 fully saturated rings. The molecule has 0 amide bonds. The monoisotopic (exact) mass is 301 g/mol. The first-order valence-corrected chi connectivity index (χ1v) is 5.49. The Kier molecular flexibility index (Phi) is 5.24. The van der Waals surface area contributed by atoms with E-state index in [9.17, 15) is 13.2 Å². The minimum Gasteiger partial charge on any atom is -0.483 e. The lowest BCUT2D eigenvalue weighted by molar-refractivity contribution is -0.153. The number of nitrogens with one attached hydrogen (secondary N) is 1. The van der Waals surface area contributed by atoms with Gasteiger partial charge in [0.1, 0.15) is 23.5 Å². The van der Waals surface area contributed by atoms with Crippen LogP contribution >= 0.6 is 11.6 Å². The molecule has 0 aliphatic heterocycles. The van der Waals surface area contributed by atoms with Gasteiger partial charge in [-0.1, -0.05) is 11.6 Å². The van der Waals surface area contributed by atoms with Crippen molar-refractivity contribution in [3.63, 3.8) is 0 Å². The topological polar surface area (TPSA) is 68.8 Å². The minimum absolute atomic E-state index is 0.0249. The Morgan fingerprint density at radius 2 is 2.00 bits per heavy atom. The first-order valence-electron chi connectivity index (χ1n) is 5.11. The summed E-state index contributed by atoms with van der Waals surface area (Å²) in [5.74, 6) is -0.112. The lowest BCUT2D eigenvalue weighted by Crippen LogP contribution is -2.19. The molecule has 0 aromatic heterocycles. The molecule has 0 aliphatic rings. The number of hydrogen-bond donors (Lipinski definition) is 1. The molecule has 0 heterocycles. The van der Waals surface area contributed by atoms with Crippen LogP contribution in [0.3, 0.4) is 0 Å². The highest BCUT2D eigenvalue weighted by Crippen LogP contribution is 2.29. The van der Waals surface area contributed by atoms with E-state index in [1.807, 2.05) is 0 Å². The van der Waals surface area contributed by atoms with Gasteiger partial charge in [-0.3, -0.25) is 0 Å². The molecule has 0 radical (unpaired) electrons. The van der Waals surface area contributed by atoms with E-state index in [-0.39, 0.29) is 16.3 Å². The van der Waals surface area contributed by atoms with E-state index in [1.165, 1.54) is 18.2 Å². The standard InChI is InChI=1S/C12H7ClF3N3O/c13-10-3-9(19-6-8(4-17)5-18)1-2-11(10)20-7-12(14,15)16/h1-3,6,19H,7H2. The summed E-state index contributed by atoms with van der Waals surface area (Å²) in [6, 6.07) is 7.25. The number of nitrogens with zero attached hydrogens (tertiary/aromatic N) is 2. The van der Waals surface area contributed by atoms with Gasteiger partial charge in [0.25, 0.3) is 0 Å². The number of nitriles is 2. The van der Waals surface area contributed by atoms with Gasteiger partial charge in [0.15, 0.2) is 6.61 Å². The average molecular weight is 302 g/mol. The molecule has 8 heteroatoms. The number of anilines is 1. The van der Waals surface area contributed by atoms with Crippen LogP contribution in [0.15, 0.2) is 30.0 Å². The third-order valence-electron chi connectivity index (χ3n) is 1.95. The van der Waals surface area contributed by atoms with Crippen molar-refractivity contribution in [1.82, 2.24) is 0 Å².